The summed E-state index contributed by atoms with van der Waals surface area (Å²) in [6.07, 6.45) is 3.74. The fraction of sp³-hybridized carbons (Fsp3) is 0.375. The topological polar surface area (TPSA) is 29.5 Å². The first kappa shape index (κ1) is 14.1. The van der Waals surface area contributed by atoms with Crippen molar-refractivity contribution in [2.75, 3.05) is 13.7 Å². The van der Waals surface area contributed by atoms with Crippen LogP contribution in [0.15, 0.2) is 35.0 Å². The number of aryl methyl sites for hydroxylation is 2. The van der Waals surface area contributed by atoms with E-state index in [1.807, 2.05) is 12.1 Å². The predicted octanol–water partition coefficient (Wildman–Crippen LogP) is 3.47. The summed E-state index contributed by atoms with van der Waals surface area (Å²) in [5.74, 6) is 0.964. The molecular weight excluding hydrogens is 256 g/mol. The molecule has 3 heteroatoms. The maximum Gasteiger partial charge on any atom is 0.122 e. The Morgan fingerprint density at radius 3 is 2.74 bits per heavy atom. The molecule has 1 N–H and O–H groups in total. The average molecular weight is 276 g/mol. The fourth-order valence-electron chi connectivity index (χ4n) is 2.29. The molecule has 2 aromatic rings. The minimum Gasteiger partial charge on any atom is -0.496 e. The monoisotopic (exact) mass is 276 g/mol. The van der Waals surface area contributed by atoms with Crippen molar-refractivity contribution in [1.82, 2.24) is 0 Å². The van der Waals surface area contributed by atoms with Crippen LogP contribution in [0.2, 0.25) is 0 Å². The lowest BCUT2D eigenvalue weighted by atomic mass is 9.97. The largest absolute Gasteiger partial charge is 0.496 e. The Kier molecular flexibility index (Phi) is 5.43. The third-order valence-corrected chi connectivity index (χ3v) is 4.03. The summed E-state index contributed by atoms with van der Waals surface area (Å²) in [4.78, 5) is 0. The van der Waals surface area contributed by atoms with Crippen LogP contribution in [-0.4, -0.2) is 18.8 Å². The molecule has 0 aliphatic rings. The van der Waals surface area contributed by atoms with Gasteiger partial charge in [0.25, 0.3) is 0 Å². The van der Waals surface area contributed by atoms with Gasteiger partial charge < -0.3 is 9.84 Å². The van der Waals surface area contributed by atoms with Crippen LogP contribution in [0, 0.1) is 0 Å². The second-order valence-electron chi connectivity index (χ2n) is 4.56. The summed E-state index contributed by atoms with van der Waals surface area (Å²) < 4.78 is 5.48. The maximum absolute atomic E-state index is 9.00. The van der Waals surface area contributed by atoms with E-state index in [1.54, 1.807) is 18.4 Å². The van der Waals surface area contributed by atoms with Crippen LogP contribution in [0.5, 0.6) is 5.75 Å². The van der Waals surface area contributed by atoms with Crippen molar-refractivity contribution in [1.29, 1.82) is 0 Å². The van der Waals surface area contributed by atoms with Crippen LogP contribution in [0.3, 0.4) is 0 Å². The molecule has 0 aliphatic carbocycles. The van der Waals surface area contributed by atoms with Crippen LogP contribution >= 0.6 is 11.3 Å². The molecule has 0 fully saturated rings. The normalized spacial score (nSPS) is 10.6. The van der Waals surface area contributed by atoms with Gasteiger partial charge in [0.15, 0.2) is 0 Å². The van der Waals surface area contributed by atoms with Gasteiger partial charge in [0.2, 0.25) is 0 Å². The van der Waals surface area contributed by atoms with Gasteiger partial charge in [-0.3, -0.25) is 0 Å². The van der Waals surface area contributed by atoms with Gasteiger partial charge in [0.1, 0.15) is 5.75 Å². The van der Waals surface area contributed by atoms with Gasteiger partial charge >= 0.3 is 0 Å². The van der Waals surface area contributed by atoms with E-state index < -0.39 is 0 Å². The number of rotatable bonds is 7. The lowest BCUT2D eigenvalue weighted by Gasteiger charge is -2.13. The molecule has 0 saturated heterocycles. The molecule has 0 aliphatic heterocycles. The van der Waals surface area contributed by atoms with Crippen molar-refractivity contribution in [3.63, 3.8) is 0 Å². The smallest absolute Gasteiger partial charge is 0.122 e. The first-order valence-electron chi connectivity index (χ1n) is 6.62. The average Bonchev–Trinajstić information content (AvgIpc) is 2.96. The number of thiophene rings is 1. The van der Waals surface area contributed by atoms with E-state index >= 15 is 0 Å². The molecule has 102 valence electrons. The van der Waals surface area contributed by atoms with E-state index in [0.29, 0.717) is 0 Å². The Bertz CT molecular complexity index is 491. The molecule has 0 spiro atoms. The van der Waals surface area contributed by atoms with E-state index in [0.717, 1.165) is 31.4 Å². The van der Waals surface area contributed by atoms with E-state index in [4.69, 9.17) is 9.84 Å². The van der Waals surface area contributed by atoms with Crippen molar-refractivity contribution in [2.24, 2.45) is 0 Å². The van der Waals surface area contributed by atoms with Gasteiger partial charge in [-0.2, -0.15) is 11.3 Å². The zero-order valence-corrected chi connectivity index (χ0v) is 12.1. The van der Waals surface area contributed by atoms with E-state index in [2.05, 4.69) is 22.9 Å². The van der Waals surface area contributed by atoms with E-state index in [-0.39, 0.29) is 6.61 Å². The van der Waals surface area contributed by atoms with Crippen LogP contribution in [0.25, 0.3) is 0 Å². The minimum atomic E-state index is 0.237. The summed E-state index contributed by atoms with van der Waals surface area (Å²) in [7, 11) is 1.72. The van der Waals surface area contributed by atoms with Crippen molar-refractivity contribution in [3.05, 3.63) is 51.7 Å². The molecule has 1 aromatic heterocycles. The number of benzene rings is 1. The van der Waals surface area contributed by atoms with Crippen molar-refractivity contribution in [2.45, 2.75) is 25.7 Å². The first-order valence-corrected chi connectivity index (χ1v) is 7.56. The van der Waals surface area contributed by atoms with Crippen molar-refractivity contribution < 1.29 is 9.84 Å². The van der Waals surface area contributed by atoms with Gasteiger partial charge in [-0.05, 0) is 65.3 Å². The van der Waals surface area contributed by atoms with Crippen LogP contribution in [-0.2, 0) is 19.3 Å². The van der Waals surface area contributed by atoms with Crippen LogP contribution in [0.1, 0.15) is 23.1 Å². The lowest BCUT2D eigenvalue weighted by molar-refractivity contribution is 0.288. The molecule has 0 bridgehead atoms. The number of hydrogen-bond donors (Lipinski definition) is 1. The molecule has 0 amide bonds. The maximum atomic E-state index is 9.00. The van der Waals surface area contributed by atoms with Crippen molar-refractivity contribution in [3.8, 4) is 5.75 Å². The van der Waals surface area contributed by atoms with Gasteiger partial charge in [-0.1, -0.05) is 12.1 Å². The Morgan fingerprint density at radius 2 is 2.05 bits per heavy atom. The Balaban J connectivity index is 2.14. The molecule has 0 radical (unpaired) electrons. The highest BCUT2D eigenvalue weighted by Crippen LogP contribution is 2.25. The molecule has 2 rings (SSSR count). The molecule has 2 nitrogen and oxygen atoms in total. The summed E-state index contributed by atoms with van der Waals surface area (Å²) >= 11 is 1.74. The molecule has 1 aromatic carbocycles. The number of methoxy groups -OCH3 is 1. The summed E-state index contributed by atoms with van der Waals surface area (Å²) in [5.41, 5.74) is 3.96. The first-order chi connectivity index (χ1) is 9.35. The van der Waals surface area contributed by atoms with Gasteiger partial charge in [0, 0.05) is 6.61 Å². The summed E-state index contributed by atoms with van der Waals surface area (Å²) in [6.45, 7) is 0.237. The zero-order valence-electron chi connectivity index (χ0n) is 11.3. The van der Waals surface area contributed by atoms with Gasteiger partial charge in [-0.25, -0.2) is 0 Å². The van der Waals surface area contributed by atoms with E-state index in [9.17, 15) is 0 Å². The Morgan fingerprint density at radius 1 is 1.16 bits per heavy atom. The van der Waals surface area contributed by atoms with Gasteiger partial charge in [0.05, 0.1) is 7.11 Å². The molecular formula is C16H20O2S. The summed E-state index contributed by atoms with van der Waals surface area (Å²) in [5, 5.41) is 13.3. The highest BCUT2D eigenvalue weighted by molar-refractivity contribution is 7.07. The SMILES string of the molecule is COc1cccc(CCCO)c1CCc1ccsc1. The quantitative estimate of drug-likeness (QED) is 0.839. The second kappa shape index (κ2) is 7.31. The third-order valence-electron chi connectivity index (χ3n) is 3.30. The predicted molar refractivity (Wildman–Crippen MR) is 80.1 cm³/mol. The minimum absolute atomic E-state index is 0.237. The Hall–Kier alpha value is -1.32. The van der Waals surface area contributed by atoms with Gasteiger partial charge in [-0.15, -0.1) is 0 Å². The lowest BCUT2D eigenvalue weighted by Crippen LogP contribution is -2.01. The second-order valence-corrected chi connectivity index (χ2v) is 5.34. The number of aliphatic hydroxyl groups excluding tert-OH is 1. The summed E-state index contributed by atoms with van der Waals surface area (Å²) in [6, 6.07) is 8.36. The number of aliphatic hydroxyl groups is 1. The number of hydrogen-bond acceptors (Lipinski definition) is 3. The van der Waals surface area contributed by atoms with Crippen LogP contribution < -0.4 is 4.74 Å². The molecule has 0 atom stereocenters. The molecule has 0 unspecified atom stereocenters. The van der Waals surface area contributed by atoms with Crippen LogP contribution in [0.4, 0.5) is 0 Å². The number of ether oxygens (including phenoxy) is 1. The molecule has 0 saturated carbocycles. The molecule has 1 heterocycles. The standard InChI is InChI=1S/C16H20O2S/c1-18-16-6-2-4-14(5-3-10-17)15(16)8-7-13-9-11-19-12-13/h2,4,6,9,11-12,17H,3,5,7-8,10H2,1H3. The Labute approximate surface area is 118 Å². The highest BCUT2D eigenvalue weighted by Gasteiger charge is 2.09. The zero-order chi connectivity index (χ0) is 13.5. The van der Waals surface area contributed by atoms with Crippen molar-refractivity contribution >= 4 is 11.3 Å². The van der Waals surface area contributed by atoms with E-state index in [1.165, 1.54) is 16.7 Å². The molecule has 19 heavy (non-hydrogen) atoms. The highest BCUT2D eigenvalue weighted by atomic mass is 32.1. The fourth-order valence-corrected chi connectivity index (χ4v) is 3.00. The third kappa shape index (κ3) is 3.82.